The second-order valence-corrected chi connectivity index (χ2v) is 6.42. The zero-order valence-corrected chi connectivity index (χ0v) is 11.9. The summed E-state index contributed by atoms with van der Waals surface area (Å²) >= 11 is 0. The highest BCUT2D eigenvalue weighted by Crippen LogP contribution is 2.37. The lowest BCUT2D eigenvalue weighted by Gasteiger charge is -2.45. The molecule has 1 saturated heterocycles. The number of fused-ring (bicyclic) bond motifs is 1. The highest BCUT2D eigenvalue weighted by Gasteiger charge is 2.40. The molecule has 1 saturated carbocycles. The number of nitrogens with one attached hydrogen (secondary N) is 1. The Bertz CT molecular complexity index is 290. The molecule has 0 bridgehead atoms. The van der Waals surface area contributed by atoms with E-state index in [4.69, 9.17) is 4.74 Å². The Morgan fingerprint density at radius 1 is 1.33 bits per heavy atom. The minimum Gasteiger partial charge on any atom is -0.375 e. The van der Waals surface area contributed by atoms with E-state index in [1.807, 2.05) is 0 Å². The summed E-state index contributed by atoms with van der Waals surface area (Å²) < 4.78 is 6.26. The average Bonchev–Trinajstić information content (AvgIpc) is 2.27. The van der Waals surface area contributed by atoms with Gasteiger partial charge in [0.25, 0.3) is 0 Å². The van der Waals surface area contributed by atoms with E-state index < -0.39 is 0 Å². The van der Waals surface area contributed by atoms with Gasteiger partial charge in [-0.3, -0.25) is 4.79 Å². The third kappa shape index (κ3) is 3.47. The summed E-state index contributed by atoms with van der Waals surface area (Å²) in [6.45, 7) is 6.11. The third-order valence-corrected chi connectivity index (χ3v) is 4.28. The van der Waals surface area contributed by atoms with Crippen LogP contribution in [0.15, 0.2) is 0 Å². The Kier molecular flexibility index (Phi) is 4.66. The van der Waals surface area contributed by atoms with Crippen LogP contribution in [0.25, 0.3) is 0 Å². The van der Waals surface area contributed by atoms with Crippen molar-refractivity contribution in [2.45, 2.75) is 77.5 Å². The van der Waals surface area contributed by atoms with Crippen LogP contribution < -0.4 is 5.32 Å². The van der Waals surface area contributed by atoms with Gasteiger partial charge >= 0.3 is 0 Å². The molecule has 2 aliphatic rings. The maximum Gasteiger partial charge on any atom is 0.217 e. The summed E-state index contributed by atoms with van der Waals surface area (Å²) in [5.74, 6) is 1.31. The van der Waals surface area contributed by atoms with Gasteiger partial charge in [0.2, 0.25) is 5.91 Å². The summed E-state index contributed by atoms with van der Waals surface area (Å²) in [5, 5.41) is 3.17. The Morgan fingerprint density at radius 3 is 2.72 bits per heavy atom. The van der Waals surface area contributed by atoms with E-state index in [9.17, 15) is 4.79 Å². The molecule has 4 atom stereocenters. The molecule has 1 N–H and O–H groups in total. The smallest absolute Gasteiger partial charge is 0.217 e. The first-order valence-electron chi connectivity index (χ1n) is 7.49. The molecule has 2 fully saturated rings. The first kappa shape index (κ1) is 13.9. The molecule has 1 aliphatic carbocycles. The maximum atomic E-state index is 11.4. The Morgan fingerprint density at radius 2 is 2.06 bits per heavy atom. The zero-order valence-electron chi connectivity index (χ0n) is 11.9. The molecule has 0 aromatic heterocycles. The van der Waals surface area contributed by atoms with Crippen molar-refractivity contribution in [3.05, 3.63) is 0 Å². The van der Waals surface area contributed by atoms with Crippen LogP contribution in [0.5, 0.6) is 0 Å². The normalized spacial score (nSPS) is 36.2. The summed E-state index contributed by atoms with van der Waals surface area (Å²) in [4.78, 5) is 11.4. The molecule has 0 unspecified atom stereocenters. The fourth-order valence-corrected chi connectivity index (χ4v) is 3.62. The van der Waals surface area contributed by atoms with Crippen LogP contribution in [0, 0.1) is 11.8 Å². The molecule has 18 heavy (non-hydrogen) atoms. The highest BCUT2D eigenvalue weighted by molar-refractivity contribution is 5.73. The fourth-order valence-electron chi connectivity index (χ4n) is 3.62. The number of ether oxygens (including phenoxy) is 1. The van der Waals surface area contributed by atoms with E-state index in [-0.39, 0.29) is 5.91 Å². The zero-order chi connectivity index (χ0) is 13.1. The van der Waals surface area contributed by atoms with Crippen molar-refractivity contribution in [3.63, 3.8) is 0 Å². The largest absolute Gasteiger partial charge is 0.375 e. The van der Waals surface area contributed by atoms with Crippen molar-refractivity contribution >= 4 is 5.91 Å². The minimum atomic E-state index is 0.106. The van der Waals surface area contributed by atoms with Crippen molar-refractivity contribution in [2.75, 3.05) is 0 Å². The number of amides is 1. The number of carbonyl (C=O) groups excluding carboxylic acids is 1. The van der Waals surface area contributed by atoms with Crippen molar-refractivity contribution in [2.24, 2.45) is 11.8 Å². The van der Waals surface area contributed by atoms with Gasteiger partial charge in [0.15, 0.2) is 0 Å². The molecule has 3 heteroatoms. The van der Waals surface area contributed by atoms with Gasteiger partial charge in [-0.25, -0.2) is 0 Å². The molecular weight excluding hydrogens is 226 g/mol. The van der Waals surface area contributed by atoms with E-state index in [2.05, 4.69) is 19.2 Å². The van der Waals surface area contributed by atoms with Gasteiger partial charge in [0.05, 0.1) is 12.2 Å². The number of hydrogen-bond acceptors (Lipinski definition) is 2. The molecule has 1 heterocycles. The SMILES string of the molecule is CC(=O)N[C@@H]1C[C@H](CC(C)C)O[C@@H]2CCCC[C@@H]12. The molecule has 0 aromatic carbocycles. The third-order valence-electron chi connectivity index (χ3n) is 4.28. The second kappa shape index (κ2) is 6.05. The monoisotopic (exact) mass is 253 g/mol. The lowest BCUT2D eigenvalue weighted by Crippen LogP contribution is -2.53. The Hall–Kier alpha value is -0.570. The first-order chi connectivity index (χ1) is 8.56. The van der Waals surface area contributed by atoms with Crippen LogP contribution in [-0.4, -0.2) is 24.2 Å². The van der Waals surface area contributed by atoms with Crippen LogP contribution in [0.3, 0.4) is 0 Å². The number of rotatable bonds is 3. The molecule has 1 aliphatic heterocycles. The lowest BCUT2D eigenvalue weighted by molar-refractivity contribution is -0.132. The topological polar surface area (TPSA) is 38.3 Å². The van der Waals surface area contributed by atoms with Crippen LogP contribution in [-0.2, 0) is 9.53 Å². The minimum absolute atomic E-state index is 0.106. The van der Waals surface area contributed by atoms with E-state index in [1.54, 1.807) is 6.92 Å². The summed E-state index contributed by atoms with van der Waals surface area (Å²) in [7, 11) is 0. The van der Waals surface area contributed by atoms with Crippen LogP contribution in [0.2, 0.25) is 0 Å². The first-order valence-corrected chi connectivity index (χ1v) is 7.49. The maximum absolute atomic E-state index is 11.4. The summed E-state index contributed by atoms with van der Waals surface area (Å²) in [6.07, 6.45) is 7.78. The standard InChI is InChI=1S/C15H27NO2/c1-10(2)8-12-9-14(16-11(3)17)13-6-4-5-7-15(13)18-12/h10,12-15H,4-9H2,1-3H3,(H,16,17)/t12-,13-,14+,15+/m0/s1. The van der Waals surface area contributed by atoms with Crippen LogP contribution >= 0.6 is 0 Å². The Balaban J connectivity index is 2.01. The molecule has 0 radical (unpaired) electrons. The molecular formula is C15H27NO2. The molecule has 0 spiro atoms. The second-order valence-electron chi connectivity index (χ2n) is 6.42. The van der Waals surface area contributed by atoms with E-state index in [1.165, 1.54) is 25.7 Å². The number of carbonyl (C=O) groups is 1. The van der Waals surface area contributed by atoms with Crippen LogP contribution in [0.1, 0.15) is 59.3 Å². The van der Waals surface area contributed by atoms with Crippen molar-refractivity contribution < 1.29 is 9.53 Å². The lowest BCUT2D eigenvalue weighted by atomic mass is 9.76. The average molecular weight is 253 g/mol. The van der Waals surface area contributed by atoms with Gasteiger partial charge in [0.1, 0.15) is 0 Å². The molecule has 104 valence electrons. The van der Waals surface area contributed by atoms with E-state index in [0.29, 0.717) is 30.1 Å². The van der Waals surface area contributed by atoms with Gasteiger partial charge in [-0.05, 0) is 31.6 Å². The predicted octanol–water partition coefficient (Wildman–Crippen LogP) is 2.88. The van der Waals surface area contributed by atoms with Gasteiger partial charge in [-0.1, -0.05) is 26.7 Å². The predicted molar refractivity (Wildman–Crippen MR) is 72.3 cm³/mol. The van der Waals surface area contributed by atoms with Crippen molar-refractivity contribution in [1.82, 2.24) is 5.32 Å². The van der Waals surface area contributed by atoms with Crippen molar-refractivity contribution in [3.8, 4) is 0 Å². The van der Waals surface area contributed by atoms with Crippen molar-refractivity contribution in [1.29, 1.82) is 0 Å². The molecule has 2 rings (SSSR count). The van der Waals surface area contributed by atoms with Crippen LogP contribution in [0.4, 0.5) is 0 Å². The van der Waals surface area contributed by atoms with E-state index in [0.717, 1.165) is 12.8 Å². The summed E-state index contributed by atoms with van der Waals surface area (Å²) in [6, 6.07) is 0.338. The highest BCUT2D eigenvalue weighted by atomic mass is 16.5. The van der Waals surface area contributed by atoms with Gasteiger partial charge in [-0.15, -0.1) is 0 Å². The van der Waals surface area contributed by atoms with E-state index >= 15 is 0 Å². The summed E-state index contributed by atoms with van der Waals surface area (Å²) in [5.41, 5.74) is 0. The fraction of sp³-hybridized carbons (Fsp3) is 0.933. The Labute approximate surface area is 111 Å². The molecule has 0 aromatic rings. The van der Waals surface area contributed by atoms with Gasteiger partial charge in [0, 0.05) is 18.9 Å². The quantitative estimate of drug-likeness (QED) is 0.840. The molecule has 1 amide bonds. The van der Waals surface area contributed by atoms with Gasteiger partial charge < -0.3 is 10.1 Å². The van der Waals surface area contributed by atoms with Gasteiger partial charge in [-0.2, -0.15) is 0 Å². The molecule has 3 nitrogen and oxygen atoms in total. The number of hydrogen-bond donors (Lipinski definition) is 1.